The summed E-state index contributed by atoms with van der Waals surface area (Å²) in [6.45, 7) is 10.8. The Hall–Kier alpha value is 0.0639. The quantitative estimate of drug-likeness (QED) is 0.516. The number of hydrogen-bond donors (Lipinski definition) is 0. The number of rotatable bonds is 0. The molecule has 0 fully saturated rings. The Bertz CT molecular complexity index is 235. The average Bonchev–Trinajstić information content (AvgIpc) is 1.77. The Kier molecular flexibility index (Phi) is 4.00. The maximum Gasteiger partial charge on any atom is 0 e. The third-order valence-corrected chi connectivity index (χ3v) is 0.996. The van der Waals surface area contributed by atoms with Crippen LogP contribution in [0.4, 0.5) is 0 Å². The molecule has 0 spiro atoms. The molecular weight excluding hydrogens is 185 g/mol. The molecule has 1 aromatic carbocycles. The Morgan fingerprint density at radius 1 is 0.889 bits per heavy atom. The van der Waals surface area contributed by atoms with Gasteiger partial charge in [0.2, 0.25) is 0 Å². The molecule has 0 amide bonds. The summed E-state index contributed by atoms with van der Waals surface area (Å²) >= 11 is 0. The van der Waals surface area contributed by atoms with Gasteiger partial charge in [-0.3, -0.25) is 13.2 Å². The van der Waals surface area contributed by atoms with Crippen LogP contribution in [0.2, 0.25) is 0 Å². The SMILES string of the molecule is [CH-]=c1ccccc1=[CH-].[Y]. The minimum atomic E-state index is 0. The van der Waals surface area contributed by atoms with Gasteiger partial charge in [-0.15, -0.1) is 12.1 Å². The van der Waals surface area contributed by atoms with Crippen molar-refractivity contribution in [1.82, 2.24) is 0 Å². The molecule has 0 N–H and O–H groups in total. The summed E-state index contributed by atoms with van der Waals surface area (Å²) in [6, 6.07) is 7.25. The monoisotopic (exact) mass is 191 g/mol. The minimum Gasteiger partial charge on any atom is -0.306 e. The van der Waals surface area contributed by atoms with Gasteiger partial charge in [0.05, 0.1) is 0 Å². The van der Waals surface area contributed by atoms with Gasteiger partial charge in [0.15, 0.2) is 0 Å². The van der Waals surface area contributed by atoms with Crippen LogP contribution in [-0.4, -0.2) is 0 Å². The topological polar surface area (TPSA) is 0 Å². The fourth-order valence-corrected chi connectivity index (χ4v) is 0.511. The van der Waals surface area contributed by atoms with E-state index in [-0.39, 0.29) is 32.7 Å². The fraction of sp³-hybridized carbons (Fsp3) is 0. The first kappa shape index (κ1) is 9.06. The van der Waals surface area contributed by atoms with Gasteiger partial charge in [-0.1, -0.05) is 0 Å². The number of hydrogen-bond acceptors (Lipinski definition) is 0. The van der Waals surface area contributed by atoms with Crippen LogP contribution in [0.1, 0.15) is 0 Å². The maximum absolute atomic E-state index is 5.39. The molecule has 0 unspecified atom stereocenters. The van der Waals surface area contributed by atoms with Gasteiger partial charge in [-0.25, -0.2) is 12.1 Å². The Balaban J connectivity index is 0.000000640. The van der Waals surface area contributed by atoms with Crippen molar-refractivity contribution in [2.75, 3.05) is 0 Å². The molecule has 0 aromatic heterocycles. The summed E-state index contributed by atoms with van der Waals surface area (Å²) in [5.41, 5.74) is 0. The van der Waals surface area contributed by atoms with Crippen LogP contribution >= 0.6 is 0 Å². The van der Waals surface area contributed by atoms with Crippen molar-refractivity contribution < 1.29 is 32.7 Å². The number of benzene rings is 1. The van der Waals surface area contributed by atoms with Crippen molar-refractivity contribution in [2.45, 2.75) is 0 Å². The van der Waals surface area contributed by atoms with Crippen molar-refractivity contribution in [1.29, 1.82) is 0 Å². The van der Waals surface area contributed by atoms with Gasteiger partial charge in [0.25, 0.3) is 0 Å². The van der Waals surface area contributed by atoms with Crippen LogP contribution < -0.4 is 10.4 Å². The Morgan fingerprint density at radius 3 is 1.44 bits per heavy atom. The predicted octanol–water partition coefficient (Wildman–Crippen LogP) is 0.259. The smallest absolute Gasteiger partial charge is 0 e. The molecule has 43 valence electrons. The molecule has 1 aromatic rings. The van der Waals surface area contributed by atoms with Crippen molar-refractivity contribution in [3.05, 3.63) is 34.7 Å². The summed E-state index contributed by atoms with van der Waals surface area (Å²) in [5, 5.41) is 1.29. The van der Waals surface area contributed by atoms with Gasteiger partial charge in [-0.05, 0) is 0 Å². The van der Waals surface area contributed by atoms with Crippen LogP contribution in [0.15, 0.2) is 24.3 Å². The molecule has 0 heterocycles. The van der Waals surface area contributed by atoms with E-state index in [1.165, 1.54) is 0 Å². The Labute approximate surface area is 80.2 Å². The molecule has 1 heteroatoms. The maximum atomic E-state index is 5.39. The van der Waals surface area contributed by atoms with Crippen molar-refractivity contribution >= 4 is 13.2 Å². The molecule has 0 aliphatic heterocycles. The third-order valence-electron chi connectivity index (χ3n) is 0.996. The van der Waals surface area contributed by atoms with E-state index in [0.29, 0.717) is 10.4 Å². The molecule has 0 aliphatic carbocycles. The van der Waals surface area contributed by atoms with Gasteiger partial charge < -0.3 is 10.4 Å². The summed E-state index contributed by atoms with van der Waals surface area (Å²) < 4.78 is 0. The average molecular weight is 191 g/mol. The summed E-state index contributed by atoms with van der Waals surface area (Å²) in [7, 11) is 0. The molecule has 0 nitrogen and oxygen atoms in total. The van der Waals surface area contributed by atoms with Gasteiger partial charge in [0.1, 0.15) is 0 Å². The first-order valence-corrected chi connectivity index (χ1v) is 2.40. The normalized spacial score (nSPS) is 8.00. The van der Waals surface area contributed by atoms with Crippen LogP contribution in [0.5, 0.6) is 0 Å². The van der Waals surface area contributed by atoms with Crippen molar-refractivity contribution in [2.24, 2.45) is 0 Å². The molecule has 1 rings (SSSR count). The minimum absolute atomic E-state index is 0. The van der Waals surface area contributed by atoms with Crippen molar-refractivity contribution in [3.63, 3.8) is 0 Å². The van der Waals surface area contributed by atoms with Crippen molar-refractivity contribution in [3.8, 4) is 0 Å². The predicted molar refractivity (Wildman–Crippen MR) is 34.6 cm³/mol. The molecule has 0 saturated carbocycles. The molecule has 1 radical (unpaired) electrons. The van der Waals surface area contributed by atoms with E-state index in [1.807, 2.05) is 12.1 Å². The largest absolute Gasteiger partial charge is 0.306 e. The second kappa shape index (κ2) is 3.97. The van der Waals surface area contributed by atoms with E-state index in [1.54, 1.807) is 12.1 Å². The first-order chi connectivity index (χ1) is 3.80. The third kappa shape index (κ3) is 2.42. The molecular formula is C8H6Y-2. The second-order valence-corrected chi connectivity index (χ2v) is 1.63. The molecule has 0 atom stereocenters. The van der Waals surface area contributed by atoms with Crippen LogP contribution in [0.25, 0.3) is 13.2 Å². The van der Waals surface area contributed by atoms with E-state index in [9.17, 15) is 0 Å². The summed E-state index contributed by atoms with van der Waals surface area (Å²) in [4.78, 5) is 0. The summed E-state index contributed by atoms with van der Waals surface area (Å²) in [6.07, 6.45) is 0. The van der Waals surface area contributed by atoms with Crippen LogP contribution in [0, 0.1) is 0 Å². The van der Waals surface area contributed by atoms with Gasteiger partial charge >= 0.3 is 0 Å². The molecule has 0 aliphatic rings. The van der Waals surface area contributed by atoms with Crippen LogP contribution in [0.3, 0.4) is 0 Å². The zero-order valence-electron chi connectivity index (χ0n) is 5.04. The van der Waals surface area contributed by atoms with E-state index in [4.69, 9.17) is 13.2 Å². The van der Waals surface area contributed by atoms with E-state index in [2.05, 4.69) is 0 Å². The Morgan fingerprint density at radius 2 is 1.22 bits per heavy atom. The molecule has 9 heavy (non-hydrogen) atoms. The van der Waals surface area contributed by atoms with Crippen LogP contribution in [-0.2, 0) is 32.7 Å². The van der Waals surface area contributed by atoms with E-state index in [0.717, 1.165) is 0 Å². The fourth-order valence-electron chi connectivity index (χ4n) is 0.511. The van der Waals surface area contributed by atoms with Gasteiger partial charge in [-0.2, -0.15) is 0 Å². The summed E-state index contributed by atoms with van der Waals surface area (Å²) in [5.74, 6) is 0. The van der Waals surface area contributed by atoms with Gasteiger partial charge in [0, 0.05) is 32.7 Å². The second-order valence-electron chi connectivity index (χ2n) is 1.63. The molecule has 0 bridgehead atoms. The van der Waals surface area contributed by atoms with E-state index < -0.39 is 0 Å². The zero-order chi connectivity index (χ0) is 5.98. The standard InChI is InChI=1S/C8H6.Y/c1-7-5-3-4-6-8(7)2;/h1-6H;/q-2;. The first-order valence-electron chi connectivity index (χ1n) is 2.40. The zero-order valence-corrected chi connectivity index (χ0v) is 7.88. The van der Waals surface area contributed by atoms with E-state index >= 15 is 0 Å². The molecule has 0 saturated heterocycles.